The van der Waals surface area contributed by atoms with Crippen molar-refractivity contribution in [3.8, 4) is 11.5 Å². The third-order valence-corrected chi connectivity index (χ3v) is 3.39. The maximum atomic E-state index is 6.07. The summed E-state index contributed by atoms with van der Waals surface area (Å²) in [7, 11) is 0. The predicted octanol–water partition coefficient (Wildman–Crippen LogP) is 5.43. The van der Waals surface area contributed by atoms with Crippen molar-refractivity contribution in [1.82, 2.24) is 0 Å². The smallest absolute Gasteiger partial charge is 0.127 e. The lowest BCUT2D eigenvalue weighted by molar-refractivity contribution is 0.482. The van der Waals surface area contributed by atoms with Crippen LogP contribution in [0.3, 0.4) is 0 Å². The van der Waals surface area contributed by atoms with Crippen LogP contribution in [0.25, 0.3) is 0 Å². The van der Waals surface area contributed by atoms with Gasteiger partial charge in [0.25, 0.3) is 0 Å². The van der Waals surface area contributed by atoms with Gasteiger partial charge in [-0.1, -0.05) is 30.7 Å². The molecule has 0 aliphatic heterocycles. The van der Waals surface area contributed by atoms with Crippen LogP contribution in [0.4, 0.5) is 0 Å². The van der Waals surface area contributed by atoms with Gasteiger partial charge in [-0.3, -0.25) is 0 Å². The van der Waals surface area contributed by atoms with E-state index < -0.39 is 0 Å². The van der Waals surface area contributed by atoms with E-state index in [-0.39, 0.29) is 0 Å². The average molecular weight is 281 g/mol. The molecule has 18 heavy (non-hydrogen) atoms. The van der Waals surface area contributed by atoms with Gasteiger partial charge in [0.2, 0.25) is 0 Å². The molecule has 0 spiro atoms. The zero-order valence-corrected chi connectivity index (χ0v) is 11.6. The third kappa shape index (κ3) is 3.18. The molecule has 0 unspecified atom stereocenters. The molecule has 0 bridgehead atoms. The Bertz CT molecular complexity index is 521. The van der Waals surface area contributed by atoms with Crippen molar-refractivity contribution in [2.45, 2.75) is 19.2 Å². The summed E-state index contributed by atoms with van der Waals surface area (Å²) in [4.78, 5) is 0. The Morgan fingerprint density at radius 1 is 1.00 bits per heavy atom. The highest BCUT2D eigenvalue weighted by molar-refractivity contribution is 6.31. The fourth-order valence-corrected chi connectivity index (χ4v) is 2.10. The third-order valence-electron chi connectivity index (χ3n) is 2.71. The van der Waals surface area contributed by atoms with Crippen LogP contribution >= 0.6 is 23.2 Å². The van der Waals surface area contributed by atoms with Crippen molar-refractivity contribution in [2.75, 3.05) is 0 Å². The highest BCUT2D eigenvalue weighted by atomic mass is 35.5. The fourth-order valence-electron chi connectivity index (χ4n) is 1.67. The van der Waals surface area contributed by atoms with E-state index in [0.717, 1.165) is 34.1 Å². The minimum absolute atomic E-state index is 0.515. The van der Waals surface area contributed by atoms with Gasteiger partial charge < -0.3 is 4.74 Å². The molecule has 0 aromatic heterocycles. The summed E-state index contributed by atoms with van der Waals surface area (Å²) >= 11 is 11.8. The summed E-state index contributed by atoms with van der Waals surface area (Å²) in [6, 6.07) is 13.4. The molecule has 94 valence electrons. The minimum atomic E-state index is 0.515. The Kier molecular flexibility index (Phi) is 4.51. The molecule has 0 heterocycles. The number of hydrogen-bond donors (Lipinski definition) is 0. The van der Waals surface area contributed by atoms with Gasteiger partial charge >= 0.3 is 0 Å². The molecule has 3 heteroatoms. The van der Waals surface area contributed by atoms with E-state index in [4.69, 9.17) is 27.9 Å². The molecule has 1 nitrogen and oxygen atoms in total. The van der Waals surface area contributed by atoms with Crippen LogP contribution in [-0.4, -0.2) is 0 Å². The van der Waals surface area contributed by atoms with Crippen LogP contribution in [0.5, 0.6) is 11.5 Å². The second kappa shape index (κ2) is 6.12. The standard InChI is InChI=1S/C15H14Cl2O/c1-2-12-9-14(7-8-15(12)17)18-13-5-3-11(10-16)4-6-13/h3-9H,2,10H2,1H3. The van der Waals surface area contributed by atoms with Crippen molar-refractivity contribution < 1.29 is 4.74 Å². The van der Waals surface area contributed by atoms with Gasteiger partial charge in [-0.25, -0.2) is 0 Å². The van der Waals surface area contributed by atoms with Crippen molar-refractivity contribution in [3.63, 3.8) is 0 Å². The van der Waals surface area contributed by atoms with E-state index in [9.17, 15) is 0 Å². The topological polar surface area (TPSA) is 9.23 Å². The lowest BCUT2D eigenvalue weighted by atomic mass is 10.1. The predicted molar refractivity (Wildman–Crippen MR) is 76.9 cm³/mol. The number of ether oxygens (including phenoxy) is 1. The molecule has 2 aromatic carbocycles. The number of halogens is 2. The minimum Gasteiger partial charge on any atom is -0.457 e. The molecule has 0 atom stereocenters. The zero-order chi connectivity index (χ0) is 13.0. The first kappa shape index (κ1) is 13.3. The summed E-state index contributed by atoms with van der Waals surface area (Å²) in [5, 5.41) is 0.780. The molecule has 0 fully saturated rings. The molecule has 0 amide bonds. The van der Waals surface area contributed by atoms with Gasteiger partial charge in [0, 0.05) is 10.9 Å². The molecular formula is C15H14Cl2O. The first-order valence-electron chi connectivity index (χ1n) is 5.84. The maximum Gasteiger partial charge on any atom is 0.127 e. The summed E-state index contributed by atoms with van der Waals surface area (Å²) in [5.74, 6) is 2.12. The lowest BCUT2D eigenvalue weighted by Crippen LogP contribution is -1.88. The molecule has 0 N–H and O–H groups in total. The van der Waals surface area contributed by atoms with Crippen LogP contribution in [0.2, 0.25) is 5.02 Å². The van der Waals surface area contributed by atoms with Crippen LogP contribution in [0, 0.1) is 0 Å². The molecule has 0 aliphatic carbocycles. The number of rotatable bonds is 4. The number of alkyl halides is 1. The molecule has 0 aliphatic rings. The quantitative estimate of drug-likeness (QED) is 0.678. The van der Waals surface area contributed by atoms with Gasteiger partial charge in [0.15, 0.2) is 0 Å². The van der Waals surface area contributed by atoms with Crippen molar-refractivity contribution in [3.05, 3.63) is 58.6 Å². The monoisotopic (exact) mass is 280 g/mol. The molecule has 2 rings (SSSR count). The molecule has 0 saturated carbocycles. The number of aryl methyl sites for hydroxylation is 1. The van der Waals surface area contributed by atoms with E-state index >= 15 is 0 Å². The summed E-state index contributed by atoms with van der Waals surface area (Å²) < 4.78 is 5.77. The second-order valence-corrected chi connectivity index (χ2v) is 4.66. The van der Waals surface area contributed by atoms with Crippen molar-refractivity contribution >= 4 is 23.2 Å². The Labute approximate surface area is 117 Å². The number of benzene rings is 2. The van der Waals surface area contributed by atoms with Crippen LogP contribution in [0.15, 0.2) is 42.5 Å². The van der Waals surface area contributed by atoms with Crippen LogP contribution in [-0.2, 0) is 12.3 Å². The van der Waals surface area contributed by atoms with Gasteiger partial charge in [-0.15, -0.1) is 11.6 Å². The van der Waals surface area contributed by atoms with Crippen molar-refractivity contribution in [1.29, 1.82) is 0 Å². The van der Waals surface area contributed by atoms with Gasteiger partial charge in [-0.2, -0.15) is 0 Å². The largest absolute Gasteiger partial charge is 0.457 e. The second-order valence-electron chi connectivity index (χ2n) is 3.99. The highest BCUT2D eigenvalue weighted by Gasteiger charge is 2.02. The highest BCUT2D eigenvalue weighted by Crippen LogP contribution is 2.27. The van der Waals surface area contributed by atoms with E-state index in [1.807, 2.05) is 42.5 Å². The van der Waals surface area contributed by atoms with Gasteiger partial charge in [0.05, 0.1) is 0 Å². The Morgan fingerprint density at radius 3 is 2.28 bits per heavy atom. The van der Waals surface area contributed by atoms with E-state index in [1.165, 1.54) is 0 Å². The normalized spacial score (nSPS) is 10.4. The molecular weight excluding hydrogens is 267 g/mol. The average Bonchev–Trinajstić information content (AvgIpc) is 2.42. The molecule has 0 saturated heterocycles. The fraction of sp³-hybridized carbons (Fsp3) is 0.200. The first-order chi connectivity index (χ1) is 8.72. The van der Waals surface area contributed by atoms with Crippen LogP contribution < -0.4 is 4.74 Å². The maximum absolute atomic E-state index is 6.07. The van der Waals surface area contributed by atoms with Gasteiger partial charge in [0.1, 0.15) is 11.5 Å². The zero-order valence-electron chi connectivity index (χ0n) is 10.1. The van der Waals surface area contributed by atoms with Crippen LogP contribution in [0.1, 0.15) is 18.1 Å². The van der Waals surface area contributed by atoms with Crippen molar-refractivity contribution in [2.24, 2.45) is 0 Å². The first-order valence-corrected chi connectivity index (χ1v) is 6.75. The van der Waals surface area contributed by atoms with E-state index in [1.54, 1.807) is 0 Å². The van der Waals surface area contributed by atoms with Gasteiger partial charge in [-0.05, 0) is 47.9 Å². The Hall–Kier alpha value is -1.18. The SMILES string of the molecule is CCc1cc(Oc2ccc(CCl)cc2)ccc1Cl. The molecule has 0 radical (unpaired) electrons. The molecule has 2 aromatic rings. The number of hydrogen-bond acceptors (Lipinski definition) is 1. The summed E-state index contributed by atoms with van der Waals surface area (Å²) in [6.45, 7) is 2.07. The lowest BCUT2D eigenvalue weighted by Gasteiger charge is -2.08. The Balaban J connectivity index is 2.17. The Morgan fingerprint density at radius 2 is 1.67 bits per heavy atom. The summed E-state index contributed by atoms with van der Waals surface area (Å²) in [5.41, 5.74) is 2.17. The van der Waals surface area contributed by atoms with E-state index in [2.05, 4.69) is 6.92 Å². The van der Waals surface area contributed by atoms with E-state index in [0.29, 0.717) is 5.88 Å². The summed E-state index contributed by atoms with van der Waals surface area (Å²) in [6.07, 6.45) is 0.890.